The van der Waals surface area contributed by atoms with Gasteiger partial charge in [-0.15, -0.1) is 6.42 Å². The molecule has 0 spiro atoms. The molecule has 0 bridgehead atoms. The molecule has 0 fully saturated rings. The number of terminal acetylenes is 1. The number of rotatable bonds is 3. The Hall–Kier alpha value is -1.95. The number of anilines is 1. The van der Waals surface area contributed by atoms with Gasteiger partial charge in [0.25, 0.3) is 0 Å². The van der Waals surface area contributed by atoms with E-state index in [1.165, 1.54) is 6.07 Å². The molecular formula is C11H11NO2. The van der Waals surface area contributed by atoms with E-state index in [1.807, 2.05) is 6.92 Å². The van der Waals surface area contributed by atoms with Gasteiger partial charge in [0.1, 0.15) is 0 Å². The Kier molecular flexibility index (Phi) is 3.14. The van der Waals surface area contributed by atoms with E-state index in [0.717, 1.165) is 5.69 Å². The largest absolute Gasteiger partial charge is 0.478 e. The van der Waals surface area contributed by atoms with Crippen molar-refractivity contribution in [1.82, 2.24) is 0 Å². The number of carboxylic acid groups (broad SMARTS) is 1. The van der Waals surface area contributed by atoms with Crippen molar-refractivity contribution in [3.8, 4) is 12.3 Å². The summed E-state index contributed by atoms with van der Waals surface area (Å²) >= 11 is 0. The third-order valence-electron chi connectivity index (χ3n) is 1.74. The Morgan fingerprint density at radius 1 is 1.64 bits per heavy atom. The van der Waals surface area contributed by atoms with Crippen molar-refractivity contribution in [2.24, 2.45) is 0 Å². The average Bonchev–Trinajstić information content (AvgIpc) is 2.18. The van der Waals surface area contributed by atoms with Crippen molar-refractivity contribution in [2.45, 2.75) is 13.0 Å². The summed E-state index contributed by atoms with van der Waals surface area (Å²) in [6, 6.07) is 6.43. The second kappa shape index (κ2) is 4.33. The molecule has 72 valence electrons. The first kappa shape index (κ1) is 10.1. The predicted molar refractivity (Wildman–Crippen MR) is 55.3 cm³/mol. The molecule has 1 rings (SSSR count). The van der Waals surface area contributed by atoms with E-state index >= 15 is 0 Å². The molecule has 3 heteroatoms. The van der Waals surface area contributed by atoms with Gasteiger partial charge in [-0.25, -0.2) is 4.79 Å². The minimum atomic E-state index is -0.943. The summed E-state index contributed by atoms with van der Waals surface area (Å²) in [5.41, 5.74) is 0.967. The summed E-state index contributed by atoms with van der Waals surface area (Å²) < 4.78 is 0. The molecule has 2 N–H and O–H groups in total. The van der Waals surface area contributed by atoms with E-state index < -0.39 is 5.97 Å². The van der Waals surface area contributed by atoms with Crippen LogP contribution in [0, 0.1) is 12.3 Å². The average molecular weight is 189 g/mol. The van der Waals surface area contributed by atoms with E-state index in [2.05, 4.69) is 11.2 Å². The number of hydrogen-bond donors (Lipinski definition) is 2. The molecule has 0 heterocycles. The molecule has 1 aromatic rings. The Labute approximate surface area is 82.8 Å². The summed E-state index contributed by atoms with van der Waals surface area (Å²) in [6.07, 6.45) is 5.19. The standard InChI is InChI=1S/C11H11NO2/c1-3-8(2)12-10-6-4-5-9(7-10)11(13)14/h1,4-8,12H,2H3,(H,13,14). The van der Waals surface area contributed by atoms with Crippen LogP contribution in [0.15, 0.2) is 24.3 Å². The molecule has 0 aliphatic heterocycles. The van der Waals surface area contributed by atoms with Gasteiger partial charge in [-0.2, -0.15) is 0 Å². The van der Waals surface area contributed by atoms with Gasteiger partial charge >= 0.3 is 5.97 Å². The van der Waals surface area contributed by atoms with Gasteiger partial charge in [0.2, 0.25) is 0 Å². The molecule has 0 aliphatic rings. The molecule has 0 aromatic heterocycles. The maximum Gasteiger partial charge on any atom is 0.335 e. The summed E-state index contributed by atoms with van der Waals surface area (Å²) in [7, 11) is 0. The number of benzene rings is 1. The highest BCUT2D eigenvalue weighted by Gasteiger charge is 2.03. The topological polar surface area (TPSA) is 49.3 Å². The fourth-order valence-electron chi connectivity index (χ4n) is 1.03. The normalized spacial score (nSPS) is 11.4. The number of aromatic carboxylic acids is 1. The zero-order chi connectivity index (χ0) is 10.6. The maximum atomic E-state index is 10.6. The van der Waals surface area contributed by atoms with Crippen molar-refractivity contribution < 1.29 is 9.90 Å². The third kappa shape index (κ3) is 2.53. The van der Waals surface area contributed by atoms with Crippen molar-refractivity contribution in [3.63, 3.8) is 0 Å². The van der Waals surface area contributed by atoms with Gasteiger partial charge in [-0.3, -0.25) is 0 Å². The van der Waals surface area contributed by atoms with Crippen LogP contribution < -0.4 is 5.32 Å². The van der Waals surface area contributed by atoms with Gasteiger partial charge in [0.05, 0.1) is 11.6 Å². The molecule has 0 radical (unpaired) electrons. The van der Waals surface area contributed by atoms with Crippen molar-refractivity contribution >= 4 is 11.7 Å². The fourth-order valence-corrected chi connectivity index (χ4v) is 1.03. The van der Waals surface area contributed by atoms with E-state index in [-0.39, 0.29) is 11.6 Å². The van der Waals surface area contributed by atoms with Crippen LogP contribution in [-0.4, -0.2) is 17.1 Å². The molecule has 14 heavy (non-hydrogen) atoms. The molecule has 0 saturated carbocycles. The molecule has 0 saturated heterocycles. The van der Waals surface area contributed by atoms with Crippen molar-refractivity contribution in [3.05, 3.63) is 29.8 Å². The van der Waals surface area contributed by atoms with Crippen molar-refractivity contribution in [2.75, 3.05) is 5.32 Å². The lowest BCUT2D eigenvalue weighted by molar-refractivity contribution is 0.0697. The SMILES string of the molecule is C#CC(C)Nc1cccc(C(=O)O)c1. The lowest BCUT2D eigenvalue weighted by atomic mass is 10.2. The Balaban J connectivity index is 2.85. The van der Waals surface area contributed by atoms with Gasteiger partial charge in [0.15, 0.2) is 0 Å². The summed E-state index contributed by atoms with van der Waals surface area (Å²) in [6.45, 7) is 1.83. The monoisotopic (exact) mass is 189 g/mol. The lowest BCUT2D eigenvalue weighted by Gasteiger charge is -2.09. The van der Waals surface area contributed by atoms with Gasteiger partial charge in [-0.1, -0.05) is 12.0 Å². The Morgan fingerprint density at radius 3 is 2.93 bits per heavy atom. The smallest absolute Gasteiger partial charge is 0.335 e. The van der Waals surface area contributed by atoms with Crippen molar-refractivity contribution in [1.29, 1.82) is 0 Å². The first-order valence-electron chi connectivity index (χ1n) is 4.19. The second-order valence-electron chi connectivity index (χ2n) is 2.92. The number of hydrogen-bond acceptors (Lipinski definition) is 2. The molecule has 0 aliphatic carbocycles. The highest BCUT2D eigenvalue weighted by atomic mass is 16.4. The number of carboxylic acids is 1. The molecular weight excluding hydrogens is 178 g/mol. The molecule has 1 atom stereocenters. The molecule has 0 amide bonds. The number of carbonyl (C=O) groups is 1. The first-order chi connectivity index (χ1) is 6.63. The third-order valence-corrected chi connectivity index (χ3v) is 1.74. The summed E-state index contributed by atoms with van der Waals surface area (Å²) in [4.78, 5) is 10.6. The summed E-state index contributed by atoms with van der Waals surface area (Å²) in [5, 5.41) is 11.7. The maximum absolute atomic E-state index is 10.6. The van der Waals surface area contributed by atoms with E-state index in [1.54, 1.807) is 18.2 Å². The van der Waals surface area contributed by atoms with Crippen LogP contribution in [0.5, 0.6) is 0 Å². The van der Waals surface area contributed by atoms with Crippen LogP contribution in [0.25, 0.3) is 0 Å². The lowest BCUT2D eigenvalue weighted by Crippen LogP contribution is -2.12. The van der Waals surface area contributed by atoms with Gasteiger partial charge in [-0.05, 0) is 25.1 Å². The predicted octanol–water partition coefficient (Wildman–Crippen LogP) is 1.82. The highest BCUT2D eigenvalue weighted by Crippen LogP contribution is 2.11. The fraction of sp³-hybridized carbons (Fsp3) is 0.182. The van der Waals surface area contributed by atoms with Crippen LogP contribution in [0.3, 0.4) is 0 Å². The van der Waals surface area contributed by atoms with Crippen LogP contribution >= 0.6 is 0 Å². The molecule has 1 aromatic carbocycles. The van der Waals surface area contributed by atoms with E-state index in [9.17, 15) is 4.79 Å². The number of nitrogens with one attached hydrogen (secondary N) is 1. The van der Waals surface area contributed by atoms with Crippen LogP contribution in [0.4, 0.5) is 5.69 Å². The minimum absolute atomic E-state index is 0.112. The zero-order valence-corrected chi connectivity index (χ0v) is 7.82. The minimum Gasteiger partial charge on any atom is -0.478 e. The van der Waals surface area contributed by atoms with Crippen LogP contribution in [0.1, 0.15) is 17.3 Å². The zero-order valence-electron chi connectivity index (χ0n) is 7.82. The van der Waals surface area contributed by atoms with E-state index in [4.69, 9.17) is 11.5 Å². The quantitative estimate of drug-likeness (QED) is 0.713. The Bertz CT molecular complexity index is 379. The molecule has 1 unspecified atom stereocenters. The molecule has 3 nitrogen and oxygen atoms in total. The Morgan fingerprint density at radius 2 is 2.36 bits per heavy atom. The van der Waals surface area contributed by atoms with E-state index in [0.29, 0.717) is 0 Å². The van der Waals surface area contributed by atoms with Gasteiger partial charge < -0.3 is 10.4 Å². The van der Waals surface area contributed by atoms with Gasteiger partial charge in [0, 0.05) is 5.69 Å². The van der Waals surface area contributed by atoms with Crippen LogP contribution in [0.2, 0.25) is 0 Å². The first-order valence-corrected chi connectivity index (χ1v) is 4.19. The van der Waals surface area contributed by atoms with Crippen LogP contribution in [-0.2, 0) is 0 Å². The second-order valence-corrected chi connectivity index (χ2v) is 2.92. The summed E-state index contributed by atoms with van der Waals surface area (Å²) in [5.74, 6) is 1.56. The highest BCUT2D eigenvalue weighted by molar-refractivity contribution is 5.88.